The molecule has 4 aromatic rings. The van der Waals surface area contributed by atoms with E-state index in [1.54, 1.807) is 24.4 Å². The number of imide groups is 2. The van der Waals surface area contributed by atoms with Gasteiger partial charge in [-0.1, -0.05) is 13.8 Å². The van der Waals surface area contributed by atoms with Gasteiger partial charge in [-0.2, -0.15) is 5.26 Å². The molecule has 3 saturated heterocycles. The number of pyridine rings is 2. The second-order valence-electron chi connectivity index (χ2n) is 17.2. The fraction of sp³-hybridized carbons (Fsp3) is 0.422. The summed E-state index contributed by atoms with van der Waals surface area (Å²) in [6.45, 7) is 10.2. The number of ether oxygens (including phenoxy) is 1. The van der Waals surface area contributed by atoms with Crippen LogP contribution >= 0.6 is 0 Å². The first kappa shape index (κ1) is 39.1. The lowest BCUT2D eigenvalue weighted by molar-refractivity contribution is -0.136. The van der Waals surface area contributed by atoms with Gasteiger partial charge in [-0.3, -0.25) is 44.1 Å². The number of carbonyl (C=O) groups is 5. The maximum atomic E-state index is 13.4. The molecule has 9 rings (SSSR count). The molecular weight excluding hydrogens is 763 g/mol. The van der Waals surface area contributed by atoms with Crippen LogP contribution in [-0.2, 0) is 9.59 Å². The van der Waals surface area contributed by atoms with Crippen LogP contribution < -0.4 is 25.6 Å². The molecule has 5 aliphatic rings. The predicted octanol–water partition coefficient (Wildman–Crippen LogP) is 4.00. The fourth-order valence-electron chi connectivity index (χ4n) is 9.71. The largest absolute Gasteiger partial charge is 0.489 e. The molecule has 4 fully saturated rings. The minimum atomic E-state index is -0.985. The summed E-state index contributed by atoms with van der Waals surface area (Å²) in [6, 6.07) is 17.6. The highest BCUT2D eigenvalue weighted by atomic mass is 16.5. The number of nitrogens with one attached hydrogen (secondary N) is 1. The van der Waals surface area contributed by atoms with Crippen molar-refractivity contribution >= 4 is 51.9 Å². The third-order valence-electron chi connectivity index (χ3n) is 13.4. The van der Waals surface area contributed by atoms with Crippen LogP contribution in [0.25, 0.3) is 10.9 Å². The van der Waals surface area contributed by atoms with Crippen molar-refractivity contribution in [2.24, 2.45) is 17.1 Å². The summed E-state index contributed by atoms with van der Waals surface area (Å²) in [4.78, 5) is 80.9. The SMILES string of the molecule is CC1(C)[C@@H](Oc2ccc(C#N)c3ncccc23)C[C@@H]1c1nc(N2CCC(CN3CCN(c4ccc5c(c4)C(=O)N(C4CCC(=O)NC4=O)C5=O)CC3)CC2)ccc1C(N)=O. The molecule has 2 aromatic heterocycles. The van der Waals surface area contributed by atoms with E-state index in [1.165, 1.54) is 0 Å². The highest BCUT2D eigenvalue weighted by Gasteiger charge is 2.52. The number of nitrogens with two attached hydrogens (primary N) is 1. The number of hydrogen-bond donors (Lipinski definition) is 2. The van der Waals surface area contributed by atoms with Crippen molar-refractivity contribution in [2.45, 2.75) is 64.0 Å². The number of aromatic nitrogens is 2. The summed E-state index contributed by atoms with van der Waals surface area (Å²) < 4.78 is 6.58. The second-order valence-corrected chi connectivity index (χ2v) is 17.2. The molecule has 1 aliphatic carbocycles. The number of hydrogen-bond acceptors (Lipinski definition) is 12. The van der Waals surface area contributed by atoms with Crippen molar-refractivity contribution < 1.29 is 28.7 Å². The number of piperidine rings is 2. The quantitative estimate of drug-likeness (QED) is 0.231. The fourth-order valence-corrected chi connectivity index (χ4v) is 9.71. The predicted molar refractivity (Wildman–Crippen MR) is 221 cm³/mol. The van der Waals surface area contributed by atoms with E-state index in [0.717, 1.165) is 80.4 Å². The van der Waals surface area contributed by atoms with E-state index >= 15 is 0 Å². The molecular formula is C45H47N9O6. The van der Waals surface area contributed by atoms with Gasteiger partial charge in [-0.15, -0.1) is 0 Å². The van der Waals surface area contributed by atoms with E-state index < -0.39 is 35.6 Å². The van der Waals surface area contributed by atoms with E-state index in [-0.39, 0.29) is 35.8 Å². The summed E-state index contributed by atoms with van der Waals surface area (Å²) in [5, 5.41) is 12.6. The number of nitriles is 1. The highest BCUT2D eigenvalue weighted by Crippen LogP contribution is 2.55. The van der Waals surface area contributed by atoms with Crippen LogP contribution in [0.2, 0.25) is 0 Å². The average molecular weight is 810 g/mol. The van der Waals surface area contributed by atoms with Gasteiger partial charge in [0.1, 0.15) is 29.8 Å². The molecule has 15 heteroatoms. The number of fused-ring (bicyclic) bond motifs is 2. The van der Waals surface area contributed by atoms with Gasteiger partial charge in [0.15, 0.2) is 0 Å². The van der Waals surface area contributed by atoms with Crippen LogP contribution in [0, 0.1) is 22.7 Å². The third-order valence-corrected chi connectivity index (χ3v) is 13.4. The number of carbonyl (C=O) groups excluding carboxylic acids is 5. The molecule has 3 atom stereocenters. The van der Waals surface area contributed by atoms with Gasteiger partial charge in [0.25, 0.3) is 17.7 Å². The van der Waals surface area contributed by atoms with Gasteiger partial charge in [0, 0.05) is 80.8 Å². The van der Waals surface area contributed by atoms with E-state index in [0.29, 0.717) is 46.0 Å². The lowest BCUT2D eigenvalue weighted by Crippen LogP contribution is -2.54. The molecule has 0 bridgehead atoms. The van der Waals surface area contributed by atoms with Gasteiger partial charge in [-0.25, -0.2) is 4.98 Å². The Morgan fingerprint density at radius 3 is 2.42 bits per heavy atom. The molecule has 1 saturated carbocycles. The second kappa shape index (κ2) is 15.3. The molecule has 4 aliphatic heterocycles. The molecule has 60 heavy (non-hydrogen) atoms. The van der Waals surface area contributed by atoms with Crippen LogP contribution in [0.1, 0.15) is 94.2 Å². The number of rotatable bonds is 9. The van der Waals surface area contributed by atoms with E-state index in [9.17, 15) is 29.2 Å². The van der Waals surface area contributed by atoms with Crippen LogP contribution in [-0.4, -0.2) is 107 Å². The summed E-state index contributed by atoms with van der Waals surface area (Å²) in [7, 11) is 0. The first-order chi connectivity index (χ1) is 28.9. The van der Waals surface area contributed by atoms with Crippen LogP contribution in [0.3, 0.4) is 0 Å². The normalized spacial score (nSPS) is 23.3. The first-order valence-corrected chi connectivity index (χ1v) is 20.7. The number of anilines is 2. The smallest absolute Gasteiger partial charge is 0.262 e. The zero-order valence-corrected chi connectivity index (χ0v) is 33.7. The van der Waals surface area contributed by atoms with Crippen LogP contribution in [0.4, 0.5) is 11.5 Å². The minimum absolute atomic E-state index is 0.0451. The molecule has 3 N–H and O–H groups in total. The third kappa shape index (κ3) is 6.88. The molecule has 0 spiro atoms. The molecule has 0 radical (unpaired) electrons. The first-order valence-electron chi connectivity index (χ1n) is 20.7. The molecule has 1 unspecified atom stereocenters. The lowest BCUT2D eigenvalue weighted by atomic mass is 9.58. The minimum Gasteiger partial charge on any atom is -0.489 e. The Bertz CT molecular complexity index is 2480. The Labute approximate surface area is 347 Å². The highest BCUT2D eigenvalue weighted by molar-refractivity contribution is 6.23. The Morgan fingerprint density at radius 2 is 1.70 bits per heavy atom. The molecule has 308 valence electrons. The molecule has 5 amide bonds. The summed E-state index contributed by atoms with van der Waals surface area (Å²) in [6.07, 6.45) is 4.42. The lowest BCUT2D eigenvalue weighted by Gasteiger charge is -2.51. The summed E-state index contributed by atoms with van der Waals surface area (Å²) >= 11 is 0. The summed E-state index contributed by atoms with van der Waals surface area (Å²) in [5.74, 6) is -0.504. The van der Waals surface area contributed by atoms with Crippen molar-refractivity contribution in [3.8, 4) is 11.8 Å². The van der Waals surface area contributed by atoms with Gasteiger partial charge in [0.05, 0.1) is 33.5 Å². The Balaban J connectivity index is 0.795. The van der Waals surface area contributed by atoms with Crippen molar-refractivity contribution in [1.29, 1.82) is 5.26 Å². The van der Waals surface area contributed by atoms with E-state index in [2.05, 4.69) is 44.9 Å². The number of nitrogens with zero attached hydrogens (tertiary/aromatic N) is 7. The Hall–Kier alpha value is -6.40. The van der Waals surface area contributed by atoms with E-state index in [4.69, 9.17) is 15.5 Å². The Kier molecular flexibility index (Phi) is 9.98. The van der Waals surface area contributed by atoms with Gasteiger partial charge in [-0.05, 0) is 86.2 Å². The zero-order chi connectivity index (χ0) is 41.9. The van der Waals surface area contributed by atoms with Crippen molar-refractivity contribution in [1.82, 2.24) is 25.1 Å². The van der Waals surface area contributed by atoms with E-state index in [1.807, 2.05) is 36.4 Å². The van der Waals surface area contributed by atoms with Crippen molar-refractivity contribution in [2.75, 3.05) is 55.6 Å². The van der Waals surface area contributed by atoms with Crippen LogP contribution in [0.5, 0.6) is 5.75 Å². The number of amides is 5. The monoisotopic (exact) mass is 809 g/mol. The van der Waals surface area contributed by atoms with Crippen molar-refractivity contribution in [3.63, 3.8) is 0 Å². The number of benzene rings is 2. The molecule has 6 heterocycles. The van der Waals surface area contributed by atoms with Gasteiger partial charge in [0.2, 0.25) is 11.8 Å². The average Bonchev–Trinajstić information content (AvgIpc) is 3.50. The van der Waals surface area contributed by atoms with Crippen LogP contribution in [0.15, 0.2) is 60.8 Å². The topological polar surface area (TPSA) is 195 Å². The maximum Gasteiger partial charge on any atom is 0.262 e. The Morgan fingerprint density at radius 1 is 0.933 bits per heavy atom. The van der Waals surface area contributed by atoms with Crippen molar-refractivity contribution in [3.05, 3.63) is 88.7 Å². The zero-order valence-electron chi connectivity index (χ0n) is 33.7. The maximum absolute atomic E-state index is 13.4. The molecule has 15 nitrogen and oxygen atoms in total. The van der Waals surface area contributed by atoms with Gasteiger partial charge >= 0.3 is 0 Å². The standard InChI is InChI=1S/C45H47N9O6/c1-45(2)33(23-36(45)60-35-10-5-27(24-46)39-30(35)4-3-15-48-39)40-31(41(47)56)8-11-37(49-40)53-16-13-26(14-17-53)25-51-18-20-52(21-19-51)28-6-7-29-32(22-28)44(59)54(43(29)58)34-9-12-38(55)50-42(34)57/h3-8,10-11,15,22,26,33-34,36H,9,12-14,16-21,23,25H2,1-2H3,(H2,47,56)(H,50,55,57)/t33-,34?,36+/m1/s1. The van der Waals surface area contributed by atoms with Gasteiger partial charge < -0.3 is 20.3 Å². The molecule has 2 aromatic carbocycles. The summed E-state index contributed by atoms with van der Waals surface area (Å²) in [5.41, 5.74) is 9.25. The number of piperazine rings is 1. The number of primary amides is 1.